The zero-order valence-electron chi connectivity index (χ0n) is 18.9. The third-order valence-corrected chi connectivity index (χ3v) is 6.09. The van der Waals surface area contributed by atoms with E-state index in [2.05, 4.69) is 10.6 Å². The predicted molar refractivity (Wildman–Crippen MR) is 129 cm³/mol. The van der Waals surface area contributed by atoms with E-state index in [1.807, 2.05) is 13.8 Å². The van der Waals surface area contributed by atoms with Crippen LogP contribution in [0.1, 0.15) is 36.7 Å². The summed E-state index contributed by atoms with van der Waals surface area (Å²) >= 11 is 1.15. The molecule has 0 bridgehead atoms. The molecule has 0 saturated carbocycles. The lowest BCUT2D eigenvalue weighted by Gasteiger charge is -2.20. The Hall–Kier alpha value is -3.40. The number of nitro groups is 1. The van der Waals surface area contributed by atoms with Crippen LogP contribution in [0.5, 0.6) is 0 Å². The normalized spacial score (nSPS) is 11.5. The van der Waals surface area contributed by atoms with Gasteiger partial charge in [-0.15, -0.1) is 11.8 Å². The van der Waals surface area contributed by atoms with E-state index in [4.69, 9.17) is 4.74 Å². The molecule has 0 aliphatic heterocycles. The largest absolute Gasteiger partial charge is 0.462 e. The van der Waals surface area contributed by atoms with Gasteiger partial charge in [-0.1, -0.05) is 19.9 Å². The van der Waals surface area contributed by atoms with Gasteiger partial charge in [-0.2, -0.15) is 0 Å². The Bertz CT molecular complexity index is 1020. The number of rotatable bonds is 10. The average Bonchev–Trinajstić information content (AvgIpc) is 2.75. The highest BCUT2D eigenvalue weighted by molar-refractivity contribution is 8.01. The van der Waals surface area contributed by atoms with Crippen LogP contribution in [0.25, 0.3) is 0 Å². The van der Waals surface area contributed by atoms with E-state index in [0.29, 0.717) is 16.8 Å². The first-order valence-electron chi connectivity index (χ1n) is 10.4. The van der Waals surface area contributed by atoms with Gasteiger partial charge in [0.15, 0.2) is 0 Å². The van der Waals surface area contributed by atoms with Gasteiger partial charge >= 0.3 is 5.97 Å². The number of nitro benzene ring substituents is 1. The minimum atomic E-state index is -0.595. The van der Waals surface area contributed by atoms with Gasteiger partial charge < -0.3 is 15.4 Å². The molecule has 9 nitrogen and oxygen atoms in total. The van der Waals surface area contributed by atoms with E-state index in [0.717, 1.165) is 11.8 Å². The highest BCUT2D eigenvalue weighted by Gasteiger charge is 2.26. The molecule has 2 N–H and O–H groups in total. The van der Waals surface area contributed by atoms with E-state index in [1.54, 1.807) is 44.2 Å². The minimum absolute atomic E-state index is 0.00584. The number of aryl methyl sites for hydroxylation is 1. The predicted octanol–water partition coefficient (Wildman–Crippen LogP) is 4.41. The molecule has 2 rings (SSSR count). The van der Waals surface area contributed by atoms with Gasteiger partial charge in [0.2, 0.25) is 11.8 Å². The van der Waals surface area contributed by atoms with Crippen LogP contribution in [-0.4, -0.2) is 40.3 Å². The highest BCUT2D eigenvalue weighted by Crippen LogP contribution is 2.28. The van der Waals surface area contributed by atoms with Crippen LogP contribution in [0.2, 0.25) is 0 Å². The summed E-state index contributed by atoms with van der Waals surface area (Å²) in [5.74, 6) is -1.27. The van der Waals surface area contributed by atoms with Crippen molar-refractivity contribution in [2.24, 2.45) is 5.92 Å². The molecule has 0 fully saturated rings. The first-order valence-corrected chi connectivity index (χ1v) is 11.4. The Labute approximate surface area is 196 Å². The van der Waals surface area contributed by atoms with Crippen molar-refractivity contribution in [1.82, 2.24) is 0 Å². The first-order chi connectivity index (χ1) is 15.6. The van der Waals surface area contributed by atoms with Crippen LogP contribution in [0, 0.1) is 23.0 Å². The number of hydrogen-bond acceptors (Lipinski definition) is 7. The van der Waals surface area contributed by atoms with Crippen LogP contribution < -0.4 is 10.6 Å². The number of anilines is 2. The zero-order chi connectivity index (χ0) is 24.5. The Morgan fingerprint density at radius 3 is 2.33 bits per heavy atom. The molecule has 0 aliphatic carbocycles. The number of benzene rings is 2. The van der Waals surface area contributed by atoms with Gasteiger partial charge in [0.05, 0.1) is 28.1 Å². The van der Waals surface area contributed by atoms with Gasteiger partial charge in [0, 0.05) is 11.8 Å². The van der Waals surface area contributed by atoms with Crippen molar-refractivity contribution in [3.05, 3.63) is 63.7 Å². The summed E-state index contributed by atoms with van der Waals surface area (Å²) < 4.78 is 4.92. The monoisotopic (exact) mass is 473 g/mol. The second kappa shape index (κ2) is 12.0. The Kier molecular flexibility index (Phi) is 9.41. The number of hydrogen-bond donors (Lipinski definition) is 2. The molecule has 2 aromatic carbocycles. The van der Waals surface area contributed by atoms with Crippen LogP contribution in [0.15, 0.2) is 42.5 Å². The van der Waals surface area contributed by atoms with E-state index in [9.17, 15) is 24.5 Å². The Morgan fingerprint density at radius 1 is 1.09 bits per heavy atom. The van der Waals surface area contributed by atoms with Crippen molar-refractivity contribution in [2.75, 3.05) is 23.0 Å². The molecule has 1 unspecified atom stereocenters. The van der Waals surface area contributed by atoms with Crippen LogP contribution >= 0.6 is 11.8 Å². The first kappa shape index (κ1) is 25.9. The summed E-state index contributed by atoms with van der Waals surface area (Å²) in [6.07, 6.45) is 0. The van der Waals surface area contributed by atoms with Crippen molar-refractivity contribution < 1.29 is 24.0 Å². The van der Waals surface area contributed by atoms with E-state index < -0.39 is 22.0 Å². The zero-order valence-corrected chi connectivity index (χ0v) is 19.7. The lowest BCUT2D eigenvalue weighted by Crippen LogP contribution is -2.31. The van der Waals surface area contributed by atoms with Gasteiger partial charge in [0.1, 0.15) is 5.69 Å². The van der Waals surface area contributed by atoms with Crippen molar-refractivity contribution in [2.45, 2.75) is 32.9 Å². The van der Waals surface area contributed by atoms with E-state index in [-0.39, 0.29) is 35.6 Å². The third kappa shape index (κ3) is 7.60. The Balaban J connectivity index is 1.98. The summed E-state index contributed by atoms with van der Waals surface area (Å²) in [4.78, 5) is 47.7. The van der Waals surface area contributed by atoms with E-state index >= 15 is 0 Å². The SMILES string of the molecule is CCOC(=O)c1ccc(NC(=O)CSC(C(=O)Nc2ccc(C)cc2[N+](=O)[O-])C(C)C)cc1. The molecule has 10 heteroatoms. The number of ether oxygens (including phenoxy) is 1. The number of thioether (sulfide) groups is 1. The number of esters is 1. The number of nitrogens with one attached hydrogen (secondary N) is 2. The number of amides is 2. The second-order valence-electron chi connectivity index (χ2n) is 7.59. The van der Waals surface area contributed by atoms with Crippen LogP contribution in [0.4, 0.5) is 17.1 Å². The molecule has 0 aromatic heterocycles. The second-order valence-corrected chi connectivity index (χ2v) is 8.72. The van der Waals surface area contributed by atoms with Gasteiger partial charge in [0.25, 0.3) is 5.69 Å². The summed E-state index contributed by atoms with van der Waals surface area (Å²) in [6.45, 7) is 7.40. The average molecular weight is 474 g/mol. The lowest BCUT2D eigenvalue weighted by atomic mass is 10.1. The van der Waals surface area contributed by atoms with Crippen LogP contribution in [0.3, 0.4) is 0 Å². The van der Waals surface area contributed by atoms with Gasteiger partial charge in [-0.25, -0.2) is 4.79 Å². The Morgan fingerprint density at radius 2 is 1.76 bits per heavy atom. The minimum Gasteiger partial charge on any atom is -0.462 e. The topological polar surface area (TPSA) is 128 Å². The number of carbonyl (C=O) groups excluding carboxylic acids is 3. The molecule has 0 aliphatic rings. The molecular weight excluding hydrogens is 446 g/mol. The molecule has 0 saturated heterocycles. The van der Waals surface area contributed by atoms with Crippen molar-refractivity contribution >= 4 is 46.6 Å². The molecule has 2 aromatic rings. The maximum atomic E-state index is 12.8. The summed E-state index contributed by atoms with van der Waals surface area (Å²) in [6, 6.07) is 10.9. The standard InChI is InChI=1S/C23H27N3O6S/c1-5-32-23(29)16-7-9-17(10-8-16)24-20(27)13-33-21(14(2)3)22(28)25-18-11-6-15(4)12-19(18)26(30)31/h6-12,14,21H,5,13H2,1-4H3,(H,24,27)(H,25,28). The quantitative estimate of drug-likeness (QED) is 0.297. The maximum Gasteiger partial charge on any atom is 0.338 e. The molecule has 33 heavy (non-hydrogen) atoms. The molecule has 0 heterocycles. The highest BCUT2D eigenvalue weighted by atomic mass is 32.2. The fraction of sp³-hybridized carbons (Fsp3) is 0.348. The molecule has 0 spiro atoms. The number of nitrogens with zero attached hydrogens (tertiary/aromatic N) is 1. The summed E-state index contributed by atoms with van der Waals surface area (Å²) in [7, 11) is 0. The lowest BCUT2D eigenvalue weighted by molar-refractivity contribution is -0.384. The molecule has 1 atom stereocenters. The third-order valence-electron chi connectivity index (χ3n) is 4.55. The number of carbonyl (C=O) groups is 3. The molecule has 0 radical (unpaired) electrons. The fourth-order valence-corrected chi connectivity index (χ4v) is 3.94. The smallest absolute Gasteiger partial charge is 0.338 e. The van der Waals surface area contributed by atoms with E-state index in [1.165, 1.54) is 12.1 Å². The van der Waals surface area contributed by atoms with Crippen LogP contribution in [-0.2, 0) is 14.3 Å². The van der Waals surface area contributed by atoms with Crippen molar-refractivity contribution in [3.8, 4) is 0 Å². The summed E-state index contributed by atoms with van der Waals surface area (Å²) in [5, 5.41) is 16.1. The van der Waals surface area contributed by atoms with Crippen molar-refractivity contribution in [1.29, 1.82) is 0 Å². The van der Waals surface area contributed by atoms with Gasteiger partial charge in [-0.3, -0.25) is 19.7 Å². The van der Waals surface area contributed by atoms with Crippen molar-refractivity contribution in [3.63, 3.8) is 0 Å². The van der Waals surface area contributed by atoms with Gasteiger partial charge in [-0.05, 0) is 55.7 Å². The maximum absolute atomic E-state index is 12.8. The fourth-order valence-electron chi connectivity index (χ4n) is 2.94. The summed E-state index contributed by atoms with van der Waals surface area (Å²) in [5.41, 5.74) is 1.54. The molecule has 176 valence electrons. The molecule has 2 amide bonds. The molecular formula is C23H27N3O6S.